The maximum Gasteiger partial charge on any atom is 0.183 e. The molecule has 3 nitrogen and oxygen atoms in total. The van der Waals surface area contributed by atoms with Crippen molar-refractivity contribution in [3.05, 3.63) is 12.7 Å². The molecule has 0 fully saturated rings. The Bertz CT molecular complexity index is 88.4. The van der Waals surface area contributed by atoms with E-state index in [1.54, 1.807) is 0 Å². The Morgan fingerprint density at radius 3 is 2.25 bits per heavy atom. The lowest BCUT2D eigenvalue weighted by Gasteiger charge is -1.92. The number of carbonyl (C=O) groups excluding carboxylic acids is 1. The van der Waals surface area contributed by atoms with Gasteiger partial charge in [0, 0.05) is 0 Å². The Morgan fingerprint density at radius 1 is 1.88 bits per heavy atom. The molecular weight excluding hydrogens is 106 g/mol. The van der Waals surface area contributed by atoms with Gasteiger partial charge in [-0.2, -0.15) is 0 Å². The Hall–Kier alpha value is -0.670. The highest BCUT2D eigenvalue weighted by Crippen LogP contribution is 1.81. The summed E-state index contributed by atoms with van der Waals surface area (Å²) in [6.45, 7) is 4.58. The summed E-state index contributed by atoms with van der Waals surface area (Å²) < 4.78 is 0. The van der Waals surface area contributed by atoms with E-state index in [1.807, 2.05) is 0 Å². The first-order chi connectivity index (χ1) is 3.18. The van der Waals surface area contributed by atoms with Crippen molar-refractivity contribution in [2.24, 2.45) is 0 Å². The fourth-order valence-electron chi connectivity index (χ4n) is 0.171. The molecule has 1 atom stereocenters. The molecule has 0 rings (SSSR count). The van der Waals surface area contributed by atoms with Gasteiger partial charge < -0.3 is 11.3 Å². The third-order valence-corrected chi connectivity index (χ3v) is 0.613. The molecule has 0 saturated carbocycles. The summed E-state index contributed by atoms with van der Waals surface area (Å²) in [5, 5.41) is 8.40. The van der Waals surface area contributed by atoms with Crippen molar-refractivity contribution in [3.8, 4) is 0 Å². The summed E-state index contributed by atoms with van der Waals surface area (Å²) >= 11 is 0. The van der Waals surface area contributed by atoms with Crippen molar-refractivity contribution in [2.45, 2.75) is 13.0 Å². The molecule has 0 bridgehead atoms. The minimum absolute atomic E-state index is 0. The minimum atomic E-state index is -0.891. The molecule has 0 spiro atoms. The number of hydrogen-bond acceptors (Lipinski definition) is 3. The maximum absolute atomic E-state index is 10.1. The molecule has 0 saturated heterocycles. The molecule has 0 aromatic heterocycles. The van der Waals surface area contributed by atoms with E-state index in [1.165, 1.54) is 6.92 Å². The Labute approximate surface area is 48.6 Å². The normalized spacial score (nSPS) is 11.2. The topological polar surface area (TPSA) is 72.3 Å². The molecule has 48 valence electrons. The van der Waals surface area contributed by atoms with Gasteiger partial charge in [-0.25, -0.2) is 0 Å². The van der Waals surface area contributed by atoms with Crippen LogP contribution in [0.15, 0.2) is 12.7 Å². The van der Waals surface area contributed by atoms with Crippen LogP contribution in [0.2, 0.25) is 0 Å². The van der Waals surface area contributed by atoms with Crippen molar-refractivity contribution in [2.75, 3.05) is 0 Å². The number of carbonyl (C=O) groups is 1. The average Bonchev–Trinajstić information content (AvgIpc) is 1.65. The molecule has 8 heavy (non-hydrogen) atoms. The first-order valence-electron chi connectivity index (χ1n) is 2.03. The van der Waals surface area contributed by atoms with E-state index in [9.17, 15) is 4.79 Å². The van der Waals surface area contributed by atoms with Crippen molar-refractivity contribution >= 4 is 5.78 Å². The van der Waals surface area contributed by atoms with E-state index in [4.69, 9.17) is 5.11 Å². The SMILES string of the molecule is C=CC(=O)C(C)O.N. The highest BCUT2D eigenvalue weighted by atomic mass is 16.3. The van der Waals surface area contributed by atoms with Gasteiger partial charge in [-0.15, -0.1) is 0 Å². The standard InChI is InChI=1S/C5H8O2.H3N/c1-3-5(7)4(2)6;/h3-4,6H,1H2,2H3;1H3. The summed E-state index contributed by atoms with van der Waals surface area (Å²) in [6, 6.07) is 0. The molecule has 0 aromatic rings. The van der Waals surface area contributed by atoms with Gasteiger partial charge in [-0.05, 0) is 13.0 Å². The smallest absolute Gasteiger partial charge is 0.183 e. The zero-order valence-electron chi connectivity index (χ0n) is 4.92. The monoisotopic (exact) mass is 117 g/mol. The molecule has 0 radical (unpaired) electrons. The highest BCUT2D eigenvalue weighted by molar-refractivity contribution is 5.92. The first kappa shape index (κ1) is 10.3. The van der Waals surface area contributed by atoms with Gasteiger partial charge in [0.2, 0.25) is 0 Å². The molecule has 0 heterocycles. The van der Waals surface area contributed by atoms with Crippen LogP contribution in [0.25, 0.3) is 0 Å². The fourth-order valence-corrected chi connectivity index (χ4v) is 0.171. The maximum atomic E-state index is 10.1. The quantitative estimate of drug-likeness (QED) is 0.510. The van der Waals surface area contributed by atoms with Gasteiger partial charge in [-0.1, -0.05) is 6.58 Å². The van der Waals surface area contributed by atoms with E-state index < -0.39 is 6.10 Å². The van der Waals surface area contributed by atoms with E-state index >= 15 is 0 Å². The predicted molar refractivity (Wildman–Crippen MR) is 31.9 cm³/mol. The van der Waals surface area contributed by atoms with Crippen LogP contribution in [0.5, 0.6) is 0 Å². The van der Waals surface area contributed by atoms with E-state index in [-0.39, 0.29) is 11.9 Å². The number of ketones is 1. The van der Waals surface area contributed by atoms with Crippen molar-refractivity contribution < 1.29 is 9.90 Å². The lowest BCUT2D eigenvalue weighted by molar-refractivity contribution is -0.121. The number of rotatable bonds is 2. The summed E-state index contributed by atoms with van der Waals surface area (Å²) in [5.74, 6) is -0.333. The van der Waals surface area contributed by atoms with Crippen LogP contribution in [0.1, 0.15) is 6.92 Å². The van der Waals surface area contributed by atoms with E-state index in [0.29, 0.717) is 0 Å². The summed E-state index contributed by atoms with van der Waals surface area (Å²) in [4.78, 5) is 10.1. The molecular formula is C5H11NO2. The zero-order valence-corrected chi connectivity index (χ0v) is 4.92. The Balaban J connectivity index is 0. The van der Waals surface area contributed by atoms with Gasteiger partial charge >= 0.3 is 0 Å². The highest BCUT2D eigenvalue weighted by Gasteiger charge is 2.00. The summed E-state index contributed by atoms with van der Waals surface area (Å²) in [7, 11) is 0. The zero-order chi connectivity index (χ0) is 5.86. The van der Waals surface area contributed by atoms with Crippen LogP contribution in [-0.4, -0.2) is 17.0 Å². The van der Waals surface area contributed by atoms with Gasteiger partial charge in [0.1, 0.15) is 6.10 Å². The summed E-state index contributed by atoms with van der Waals surface area (Å²) in [5.41, 5.74) is 0. The van der Waals surface area contributed by atoms with Crippen LogP contribution in [0.3, 0.4) is 0 Å². The molecule has 0 aliphatic rings. The van der Waals surface area contributed by atoms with Gasteiger partial charge in [0.05, 0.1) is 0 Å². The Morgan fingerprint density at radius 2 is 2.25 bits per heavy atom. The number of aliphatic hydroxyl groups excluding tert-OH is 1. The molecule has 0 aliphatic carbocycles. The molecule has 0 aliphatic heterocycles. The molecule has 1 unspecified atom stereocenters. The van der Waals surface area contributed by atoms with Crippen LogP contribution < -0.4 is 6.15 Å². The van der Waals surface area contributed by atoms with Crippen molar-refractivity contribution in [1.82, 2.24) is 6.15 Å². The van der Waals surface area contributed by atoms with Crippen LogP contribution in [0, 0.1) is 0 Å². The van der Waals surface area contributed by atoms with E-state index in [0.717, 1.165) is 6.08 Å². The first-order valence-corrected chi connectivity index (χ1v) is 2.03. The lowest BCUT2D eigenvalue weighted by atomic mass is 10.3. The second-order valence-electron chi connectivity index (χ2n) is 1.28. The summed E-state index contributed by atoms with van der Waals surface area (Å²) in [6.07, 6.45) is 0.211. The fraction of sp³-hybridized carbons (Fsp3) is 0.400. The number of aliphatic hydroxyl groups is 1. The minimum Gasteiger partial charge on any atom is -0.385 e. The van der Waals surface area contributed by atoms with Crippen molar-refractivity contribution in [1.29, 1.82) is 0 Å². The second kappa shape index (κ2) is 4.49. The second-order valence-corrected chi connectivity index (χ2v) is 1.28. The van der Waals surface area contributed by atoms with Gasteiger partial charge in [0.25, 0.3) is 0 Å². The van der Waals surface area contributed by atoms with Crippen LogP contribution in [0.4, 0.5) is 0 Å². The number of hydrogen-bond donors (Lipinski definition) is 2. The van der Waals surface area contributed by atoms with Gasteiger partial charge in [-0.3, -0.25) is 4.79 Å². The molecule has 0 aromatic carbocycles. The molecule has 3 heteroatoms. The van der Waals surface area contributed by atoms with E-state index in [2.05, 4.69) is 6.58 Å². The van der Waals surface area contributed by atoms with Crippen molar-refractivity contribution in [3.63, 3.8) is 0 Å². The van der Waals surface area contributed by atoms with Crippen LogP contribution in [-0.2, 0) is 4.79 Å². The molecule has 0 amide bonds. The third-order valence-electron chi connectivity index (χ3n) is 0.613. The molecule has 4 N–H and O–H groups in total. The van der Waals surface area contributed by atoms with Crippen LogP contribution >= 0.6 is 0 Å². The average molecular weight is 117 g/mol. The van der Waals surface area contributed by atoms with Gasteiger partial charge in [0.15, 0.2) is 5.78 Å². The Kier molecular flexibility index (Phi) is 5.80. The third kappa shape index (κ3) is 3.52. The largest absolute Gasteiger partial charge is 0.385 e. The lowest BCUT2D eigenvalue weighted by Crippen LogP contribution is -2.11. The predicted octanol–water partition coefficient (Wildman–Crippen LogP) is 0.284.